The highest BCUT2D eigenvalue weighted by atomic mass is 16.3. The molecule has 0 aliphatic rings. The van der Waals surface area contributed by atoms with Gasteiger partial charge >= 0.3 is 0 Å². The maximum atomic E-state index is 11.1. The molecule has 2 aromatic heterocycles. The van der Waals surface area contributed by atoms with Crippen molar-refractivity contribution in [3.63, 3.8) is 0 Å². The summed E-state index contributed by atoms with van der Waals surface area (Å²) < 4.78 is 0. The van der Waals surface area contributed by atoms with Crippen LogP contribution in [0.1, 0.15) is 0 Å². The summed E-state index contributed by atoms with van der Waals surface area (Å²) in [5, 5.41) is 11.8. The van der Waals surface area contributed by atoms with Crippen LogP contribution in [-0.2, 0) is 5.11 Å². The molecular formula is C8H5N2O. The summed E-state index contributed by atoms with van der Waals surface area (Å²) in [6, 6.07) is 3.60. The van der Waals surface area contributed by atoms with E-state index in [0.29, 0.717) is 5.52 Å². The Morgan fingerprint density at radius 1 is 1.27 bits per heavy atom. The first kappa shape index (κ1) is 6.09. The minimum Gasteiger partial charge on any atom is -0.286 e. The standard InChI is InChI=1S/C8H5N2O/c11-7-5-9-4-6-2-1-3-10-8(6)7/h1-5H. The van der Waals surface area contributed by atoms with E-state index in [-0.39, 0.29) is 5.75 Å². The second-order valence-electron chi connectivity index (χ2n) is 2.21. The molecule has 0 N–H and O–H groups in total. The topological polar surface area (TPSA) is 45.7 Å². The van der Waals surface area contributed by atoms with Crippen molar-refractivity contribution in [1.82, 2.24) is 9.97 Å². The monoisotopic (exact) mass is 145 g/mol. The lowest BCUT2D eigenvalue weighted by Gasteiger charge is -1.93. The summed E-state index contributed by atoms with van der Waals surface area (Å²) in [5.74, 6) is -0.122. The lowest BCUT2D eigenvalue weighted by atomic mass is 10.3. The summed E-state index contributed by atoms with van der Waals surface area (Å²) in [4.78, 5) is 7.69. The maximum Gasteiger partial charge on any atom is 0.222 e. The average molecular weight is 145 g/mol. The SMILES string of the molecule is [O]c1cncc2cccnc12. The van der Waals surface area contributed by atoms with Crippen molar-refractivity contribution in [2.45, 2.75) is 0 Å². The predicted octanol–water partition coefficient (Wildman–Crippen LogP) is 1.77. The van der Waals surface area contributed by atoms with E-state index in [4.69, 9.17) is 0 Å². The molecule has 2 aromatic rings. The van der Waals surface area contributed by atoms with Gasteiger partial charge in [0.05, 0.1) is 6.20 Å². The van der Waals surface area contributed by atoms with Crippen LogP contribution in [0, 0.1) is 0 Å². The normalized spacial score (nSPS) is 10.2. The zero-order valence-electron chi connectivity index (χ0n) is 5.69. The van der Waals surface area contributed by atoms with Gasteiger partial charge in [0.1, 0.15) is 5.52 Å². The first-order valence-electron chi connectivity index (χ1n) is 3.24. The van der Waals surface area contributed by atoms with Gasteiger partial charge in [-0.05, 0) is 12.1 Å². The van der Waals surface area contributed by atoms with E-state index in [9.17, 15) is 5.11 Å². The number of nitrogens with zero attached hydrogens (tertiary/aromatic N) is 2. The van der Waals surface area contributed by atoms with Crippen molar-refractivity contribution >= 4 is 10.9 Å². The van der Waals surface area contributed by atoms with Crippen LogP contribution in [0.15, 0.2) is 30.7 Å². The molecule has 11 heavy (non-hydrogen) atoms. The summed E-state index contributed by atoms with van der Waals surface area (Å²) >= 11 is 0. The second-order valence-corrected chi connectivity index (χ2v) is 2.21. The number of hydrogen-bond donors (Lipinski definition) is 0. The Kier molecular flexibility index (Phi) is 1.22. The Hall–Kier alpha value is -1.64. The van der Waals surface area contributed by atoms with E-state index in [1.807, 2.05) is 6.07 Å². The van der Waals surface area contributed by atoms with Crippen LogP contribution in [0.4, 0.5) is 0 Å². The van der Waals surface area contributed by atoms with E-state index in [2.05, 4.69) is 9.97 Å². The molecule has 0 saturated heterocycles. The fourth-order valence-electron chi connectivity index (χ4n) is 0.974. The van der Waals surface area contributed by atoms with Gasteiger partial charge in [-0.25, -0.2) is 0 Å². The van der Waals surface area contributed by atoms with Gasteiger partial charge in [-0.3, -0.25) is 15.1 Å². The number of fused-ring (bicyclic) bond motifs is 1. The molecule has 0 amide bonds. The van der Waals surface area contributed by atoms with Crippen LogP contribution >= 0.6 is 0 Å². The number of hydrogen-bond acceptors (Lipinski definition) is 2. The third-order valence-electron chi connectivity index (χ3n) is 1.48. The molecule has 0 aliphatic heterocycles. The van der Waals surface area contributed by atoms with Crippen molar-refractivity contribution < 1.29 is 5.11 Å². The highest BCUT2D eigenvalue weighted by molar-refractivity contribution is 5.82. The minimum absolute atomic E-state index is 0.122. The molecule has 0 spiro atoms. The number of rotatable bonds is 0. The molecule has 0 saturated carbocycles. The molecule has 0 fully saturated rings. The van der Waals surface area contributed by atoms with Crippen LogP contribution in [0.3, 0.4) is 0 Å². The molecule has 3 nitrogen and oxygen atoms in total. The number of aromatic nitrogens is 2. The highest BCUT2D eigenvalue weighted by Crippen LogP contribution is 2.19. The van der Waals surface area contributed by atoms with Gasteiger partial charge in [-0.15, -0.1) is 0 Å². The fourth-order valence-corrected chi connectivity index (χ4v) is 0.974. The molecule has 0 aliphatic carbocycles. The fraction of sp³-hybridized carbons (Fsp3) is 0. The summed E-state index contributed by atoms with van der Waals surface area (Å²) in [7, 11) is 0. The Bertz CT molecular complexity index is 381. The van der Waals surface area contributed by atoms with E-state index in [1.54, 1.807) is 18.5 Å². The van der Waals surface area contributed by atoms with E-state index in [0.717, 1.165) is 5.39 Å². The Morgan fingerprint density at radius 2 is 2.18 bits per heavy atom. The zero-order chi connectivity index (χ0) is 7.68. The Morgan fingerprint density at radius 3 is 3.00 bits per heavy atom. The van der Waals surface area contributed by atoms with Crippen LogP contribution in [0.25, 0.3) is 10.9 Å². The molecule has 1 radical (unpaired) electrons. The second kappa shape index (κ2) is 2.20. The lowest BCUT2D eigenvalue weighted by molar-refractivity contribution is 0.357. The van der Waals surface area contributed by atoms with Crippen molar-refractivity contribution in [3.8, 4) is 5.75 Å². The smallest absolute Gasteiger partial charge is 0.222 e. The van der Waals surface area contributed by atoms with Gasteiger partial charge in [0.25, 0.3) is 0 Å². The molecular weight excluding hydrogens is 140 g/mol. The van der Waals surface area contributed by atoms with Crippen LogP contribution in [0.2, 0.25) is 0 Å². The highest BCUT2D eigenvalue weighted by Gasteiger charge is 1.99. The third kappa shape index (κ3) is 0.902. The summed E-state index contributed by atoms with van der Waals surface area (Å²) in [6.07, 6.45) is 4.50. The van der Waals surface area contributed by atoms with Crippen LogP contribution in [-0.4, -0.2) is 9.97 Å². The van der Waals surface area contributed by atoms with Crippen molar-refractivity contribution in [3.05, 3.63) is 30.7 Å². The molecule has 53 valence electrons. The van der Waals surface area contributed by atoms with E-state index < -0.39 is 0 Å². The van der Waals surface area contributed by atoms with Gasteiger partial charge in [-0.2, -0.15) is 0 Å². The van der Waals surface area contributed by atoms with Gasteiger partial charge in [-0.1, -0.05) is 0 Å². The zero-order valence-corrected chi connectivity index (χ0v) is 5.69. The maximum absolute atomic E-state index is 11.1. The van der Waals surface area contributed by atoms with Gasteiger partial charge < -0.3 is 0 Å². The molecule has 0 aromatic carbocycles. The average Bonchev–Trinajstić information content (AvgIpc) is 2.06. The molecule has 2 rings (SSSR count). The van der Waals surface area contributed by atoms with E-state index >= 15 is 0 Å². The van der Waals surface area contributed by atoms with Crippen LogP contribution in [0.5, 0.6) is 5.75 Å². The van der Waals surface area contributed by atoms with Crippen LogP contribution < -0.4 is 0 Å². The first-order chi connectivity index (χ1) is 5.38. The largest absolute Gasteiger partial charge is 0.286 e. The minimum atomic E-state index is -0.122. The quantitative estimate of drug-likeness (QED) is 0.567. The van der Waals surface area contributed by atoms with Crippen molar-refractivity contribution in [2.75, 3.05) is 0 Å². The Balaban J connectivity index is 2.91. The molecule has 0 unspecified atom stereocenters. The molecule has 3 heteroatoms. The van der Waals surface area contributed by atoms with Gasteiger partial charge in [0.15, 0.2) is 0 Å². The summed E-state index contributed by atoms with van der Waals surface area (Å²) in [5.41, 5.74) is 0.488. The molecule has 2 heterocycles. The van der Waals surface area contributed by atoms with Crippen molar-refractivity contribution in [2.24, 2.45) is 0 Å². The lowest BCUT2D eigenvalue weighted by Crippen LogP contribution is -1.78. The van der Waals surface area contributed by atoms with Gasteiger partial charge in [0, 0.05) is 17.8 Å². The van der Waals surface area contributed by atoms with Crippen molar-refractivity contribution in [1.29, 1.82) is 0 Å². The first-order valence-corrected chi connectivity index (χ1v) is 3.24. The Labute approximate surface area is 63.3 Å². The molecule has 0 atom stereocenters. The molecule has 0 bridgehead atoms. The third-order valence-corrected chi connectivity index (χ3v) is 1.48. The number of pyridine rings is 2. The predicted molar refractivity (Wildman–Crippen MR) is 39.7 cm³/mol. The van der Waals surface area contributed by atoms with E-state index in [1.165, 1.54) is 6.20 Å². The van der Waals surface area contributed by atoms with Gasteiger partial charge in [0.2, 0.25) is 5.75 Å². The summed E-state index contributed by atoms with van der Waals surface area (Å²) in [6.45, 7) is 0.